The SMILES string of the molecule is C=CCN(CC(=O)OCC)C(=O)c1ccc(F)c(Br)c1. The molecule has 6 heteroatoms. The molecule has 0 saturated carbocycles. The molecule has 20 heavy (non-hydrogen) atoms. The highest BCUT2D eigenvalue weighted by atomic mass is 79.9. The molecule has 1 rings (SSSR count). The van der Waals surface area contributed by atoms with E-state index < -0.39 is 17.7 Å². The van der Waals surface area contributed by atoms with E-state index >= 15 is 0 Å². The van der Waals surface area contributed by atoms with Crippen molar-refractivity contribution in [1.29, 1.82) is 0 Å². The smallest absolute Gasteiger partial charge is 0.325 e. The van der Waals surface area contributed by atoms with E-state index in [9.17, 15) is 14.0 Å². The van der Waals surface area contributed by atoms with Crippen molar-refractivity contribution in [3.05, 3.63) is 46.7 Å². The van der Waals surface area contributed by atoms with Crippen LogP contribution in [0.25, 0.3) is 0 Å². The van der Waals surface area contributed by atoms with Gasteiger partial charge >= 0.3 is 5.97 Å². The van der Waals surface area contributed by atoms with Gasteiger partial charge in [0.2, 0.25) is 0 Å². The van der Waals surface area contributed by atoms with E-state index in [0.717, 1.165) is 0 Å². The van der Waals surface area contributed by atoms with E-state index in [1.54, 1.807) is 6.92 Å². The lowest BCUT2D eigenvalue weighted by Gasteiger charge is -2.20. The summed E-state index contributed by atoms with van der Waals surface area (Å²) in [5.74, 6) is -1.34. The first-order valence-corrected chi connectivity index (χ1v) is 6.79. The molecule has 1 aromatic rings. The summed E-state index contributed by atoms with van der Waals surface area (Å²) < 4.78 is 18.2. The minimum absolute atomic E-state index is 0.173. The maximum atomic E-state index is 13.2. The number of nitrogens with zero attached hydrogens (tertiary/aromatic N) is 1. The van der Waals surface area contributed by atoms with Crippen LogP contribution in [-0.2, 0) is 9.53 Å². The molecule has 0 saturated heterocycles. The fourth-order valence-corrected chi connectivity index (χ4v) is 1.93. The third-order valence-corrected chi connectivity index (χ3v) is 3.04. The largest absolute Gasteiger partial charge is 0.465 e. The summed E-state index contributed by atoms with van der Waals surface area (Å²) in [5.41, 5.74) is 0.282. The molecular formula is C14H15BrFNO3. The predicted molar refractivity (Wildman–Crippen MR) is 76.8 cm³/mol. The molecule has 0 fully saturated rings. The van der Waals surface area contributed by atoms with Crippen LogP contribution in [0.2, 0.25) is 0 Å². The molecule has 0 aliphatic carbocycles. The van der Waals surface area contributed by atoms with Crippen LogP contribution < -0.4 is 0 Å². The Morgan fingerprint density at radius 3 is 2.75 bits per heavy atom. The lowest BCUT2D eigenvalue weighted by molar-refractivity contribution is -0.143. The standard InChI is InChI=1S/C14H15BrFNO3/c1-3-7-17(9-13(18)20-4-2)14(19)10-5-6-12(16)11(15)8-10/h3,5-6,8H,1,4,7,9H2,2H3. The van der Waals surface area contributed by atoms with E-state index in [-0.39, 0.29) is 29.7 Å². The van der Waals surface area contributed by atoms with Gasteiger partial charge in [0.15, 0.2) is 0 Å². The number of hydrogen-bond donors (Lipinski definition) is 0. The molecule has 0 aliphatic rings. The van der Waals surface area contributed by atoms with Crippen LogP contribution in [0, 0.1) is 5.82 Å². The lowest BCUT2D eigenvalue weighted by atomic mass is 10.2. The van der Waals surface area contributed by atoms with Crippen LogP contribution in [0.5, 0.6) is 0 Å². The highest BCUT2D eigenvalue weighted by Gasteiger charge is 2.19. The summed E-state index contributed by atoms with van der Waals surface area (Å²) in [5, 5.41) is 0. The maximum Gasteiger partial charge on any atom is 0.325 e. The molecule has 0 aliphatic heterocycles. The Morgan fingerprint density at radius 1 is 1.50 bits per heavy atom. The monoisotopic (exact) mass is 343 g/mol. The fourth-order valence-electron chi connectivity index (χ4n) is 1.55. The van der Waals surface area contributed by atoms with Crippen molar-refractivity contribution < 1.29 is 18.7 Å². The van der Waals surface area contributed by atoms with Crippen LogP contribution in [0.1, 0.15) is 17.3 Å². The number of esters is 1. The zero-order valence-corrected chi connectivity index (χ0v) is 12.7. The molecule has 0 aromatic heterocycles. The van der Waals surface area contributed by atoms with Crippen molar-refractivity contribution >= 4 is 27.8 Å². The van der Waals surface area contributed by atoms with E-state index in [4.69, 9.17) is 4.74 Å². The molecule has 4 nitrogen and oxygen atoms in total. The third-order valence-electron chi connectivity index (χ3n) is 2.43. The molecule has 0 spiro atoms. The van der Waals surface area contributed by atoms with Gasteiger partial charge in [0.05, 0.1) is 11.1 Å². The first-order valence-electron chi connectivity index (χ1n) is 6.00. The Balaban J connectivity index is 2.89. The number of hydrogen-bond acceptors (Lipinski definition) is 3. The van der Waals surface area contributed by atoms with Gasteiger partial charge < -0.3 is 9.64 Å². The van der Waals surface area contributed by atoms with E-state index in [1.165, 1.54) is 29.2 Å². The van der Waals surface area contributed by atoms with Gasteiger partial charge in [0.1, 0.15) is 12.4 Å². The van der Waals surface area contributed by atoms with Crippen LogP contribution in [0.3, 0.4) is 0 Å². The number of amides is 1. The highest BCUT2D eigenvalue weighted by molar-refractivity contribution is 9.10. The second-order valence-electron chi connectivity index (χ2n) is 3.91. The number of carbonyl (C=O) groups excluding carboxylic acids is 2. The van der Waals surface area contributed by atoms with Gasteiger partial charge in [-0.05, 0) is 41.1 Å². The normalized spacial score (nSPS) is 9.95. The number of halogens is 2. The molecule has 1 aromatic carbocycles. The van der Waals surface area contributed by atoms with Crippen molar-refractivity contribution in [2.24, 2.45) is 0 Å². The number of ether oxygens (including phenoxy) is 1. The van der Waals surface area contributed by atoms with Gasteiger partial charge in [0, 0.05) is 12.1 Å². The van der Waals surface area contributed by atoms with E-state index in [2.05, 4.69) is 22.5 Å². The quantitative estimate of drug-likeness (QED) is 0.589. The molecular weight excluding hydrogens is 329 g/mol. The Bertz CT molecular complexity index is 519. The van der Waals surface area contributed by atoms with Gasteiger partial charge in [-0.3, -0.25) is 9.59 Å². The van der Waals surface area contributed by atoms with E-state index in [1.807, 2.05) is 0 Å². The average molecular weight is 344 g/mol. The second kappa shape index (κ2) is 7.79. The van der Waals surface area contributed by atoms with E-state index in [0.29, 0.717) is 0 Å². The number of rotatable bonds is 6. The summed E-state index contributed by atoms with van der Waals surface area (Å²) in [6.07, 6.45) is 1.51. The zero-order chi connectivity index (χ0) is 15.1. The van der Waals surface area contributed by atoms with Crippen molar-refractivity contribution in [1.82, 2.24) is 4.90 Å². The molecule has 0 atom stereocenters. The van der Waals surface area contributed by atoms with Gasteiger partial charge in [-0.2, -0.15) is 0 Å². The van der Waals surface area contributed by atoms with Gasteiger partial charge in [-0.25, -0.2) is 4.39 Å². The Kier molecular flexibility index (Phi) is 6.38. The van der Waals surface area contributed by atoms with Crippen LogP contribution in [0.4, 0.5) is 4.39 Å². The van der Waals surface area contributed by atoms with Crippen molar-refractivity contribution in [3.8, 4) is 0 Å². The topological polar surface area (TPSA) is 46.6 Å². The first kappa shape index (κ1) is 16.4. The highest BCUT2D eigenvalue weighted by Crippen LogP contribution is 2.18. The zero-order valence-electron chi connectivity index (χ0n) is 11.1. The number of carbonyl (C=O) groups is 2. The fraction of sp³-hybridized carbons (Fsp3) is 0.286. The van der Waals surface area contributed by atoms with Gasteiger partial charge in [-0.1, -0.05) is 6.08 Å². The first-order chi connectivity index (χ1) is 9.49. The summed E-state index contributed by atoms with van der Waals surface area (Å²) in [7, 11) is 0. The molecule has 108 valence electrons. The molecule has 0 heterocycles. The van der Waals surface area contributed by atoms with Crippen molar-refractivity contribution in [2.75, 3.05) is 19.7 Å². The lowest BCUT2D eigenvalue weighted by Crippen LogP contribution is -2.36. The van der Waals surface area contributed by atoms with Crippen molar-refractivity contribution in [3.63, 3.8) is 0 Å². The van der Waals surface area contributed by atoms with Gasteiger partial charge in [0.25, 0.3) is 5.91 Å². The molecule has 0 radical (unpaired) electrons. The van der Waals surface area contributed by atoms with Gasteiger partial charge in [-0.15, -0.1) is 6.58 Å². The molecule has 0 bridgehead atoms. The summed E-state index contributed by atoms with van der Waals surface area (Å²) in [6.45, 7) is 5.51. The minimum atomic E-state index is -0.496. The molecule has 0 N–H and O–H groups in total. The van der Waals surface area contributed by atoms with Crippen LogP contribution in [-0.4, -0.2) is 36.5 Å². The average Bonchev–Trinajstić information content (AvgIpc) is 2.41. The Morgan fingerprint density at radius 2 is 2.20 bits per heavy atom. The van der Waals surface area contributed by atoms with Crippen LogP contribution >= 0.6 is 15.9 Å². The third kappa shape index (κ3) is 4.45. The van der Waals surface area contributed by atoms with Crippen molar-refractivity contribution in [2.45, 2.75) is 6.92 Å². The predicted octanol–water partition coefficient (Wildman–Crippen LogP) is 2.78. The Labute approximate surface area is 125 Å². The Hall–Kier alpha value is -1.69. The minimum Gasteiger partial charge on any atom is -0.465 e. The summed E-state index contributed by atoms with van der Waals surface area (Å²) in [6, 6.07) is 3.93. The molecule has 1 amide bonds. The summed E-state index contributed by atoms with van der Waals surface area (Å²) >= 11 is 3.02. The summed E-state index contributed by atoms with van der Waals surface area (Å²) in [4.78, 5) is 25.0. The molecule has 0 unspecified atom stereocenters. The number of benzene rings is 1. The second-order valence-corrected chi connectivity index (χ2v) is 4.76. The van der Waals surface area contributed by atoms with Crippen LogP contribution in [0.15, 0.2) is 35.3 Å². The maximum absolute atomic E-state index is 13.2.